The van der Waals surface area contributed by atoms with Crippen LogP contribution in [-0.2, 0) is 4.79 Å². The van der Waals surface area contributed by atoms with Crippen molar-refractivity contribution in [3.8, 4) is 0 Å². The van der Waals surface area contributed by atoms with Crippen LogP contribution >= 0.6 is 34.8 Å². The second kappa shape index (κ2) is 5.16. The molecule has 1 N–H and O–H groups in total. The topological polar surface area (TPSA) is 37.3 Å². The van der Waals surface area contributed by atoms with Crippen LogP contribution in [0.3, 0.4) is 0 Å². The molecule has 0 saturated heterocycles. The van der Waals surface area contributed by atoms with E-state index in [9.17, 15) is 13.2 Å². The lowest BCUT2D eigenvalue weighted by Crippen LogP contribution is -2.21. The lowest BCUT2D eigenvalue weighted by molar-refractivity contribution is -0.192. The second-order valence-electron chi connectivity index (χ2n) is 1.58. The first kappa shape index (κ1) is 14.8. The standard InChI is InChI=1S/C2HF3O2.CH3Cl3Si/c3-2(4,5)1(6)7;2-1(3,4)5/h(H,6,7);5H3. The third-order valence-corrected chi connectivity index (χ3v) is 0.243. The Labute approximate surface area is 84.0 Å². The Kier molecular flexibility index (Phi) is 6.38. The van der Waals surface area contributed by atoms with Crippen LogP contribution in [0.25, 0.3) is 0 Å². The van der Waals surface area contributed by atoms with E-state index < -0.39 is 15.6 Å². The van der Waals surface area contributed by atoms with E-state index in [4.69, 9.17) is 44.7 Å². The van der Waals surface area contributed by atoms with E-state index in [2.05, 4.69) is 0 Å². The van der Waals surface area contributed by atoms with Gasteiger partial charge in [-0.05, 0) is 0 Å². The monoisotopic (exact) mass is 262 g/mol. The van der Waals surface area contributed by atoms with E-state index in [1.54, 1.807) is 0 Å². The van der Waals surface area contributed by atoms with Crippen molar-refractivity contribution in [2.75, 3.05) is 0 Å². The molecule has 0 atom stereocenters. The zero-order valence-electron chi connectivity index (χ0n) is 5.62. The van der Waals surface area contributed by atoms with E-state index in [1.165, 1.54) is 0 Å². The van der Waals surface area contributed by atoms with Gasteiger partial charge in [-0.1, -0.05) is 34.8 Å². The van der Waals surface area contributed by atoms with Gasteiger partial charge in [-0.25, -0.2) is 4.79 Å². The summed E-state index contributed by atoms with van der Waals surface area (Å²) in [7, 11) is 0.604. The molecule has 0 saturated carbocycles. The fourth-order valence-electron chi connectivity index (χ4n) is 0. The van der Waals surface area contributed by atoms with Gasteiger partial charge in [0.2, 0.25) is 0 Å². The molecule has 0 aromatic rings. The van der Waals surface area contributed by atoms with Crippen molar-refractivity contribution in [1.29, 1.82) is 0 Å². The van der Waals surface area contributed by atoms with Crippen LogP contribution in [0, 0.1) is 0 Å². The number of carbonyl (C=O) groups is 1. The molecule has 0 heterocycles. The quantitative estimate of drug-likeness (QED) is 0.528. The van der Waals surface area contributed by atoms with Gasteiger partial charge in [0.25, 0.3) is 0 Å². The highest BCUT2D eigenvalue weighted by Gasteiger charge is 2.38. The maximum Gasteiger partial charge on any atom is 0.490 e. The summed E-state index contributed by atoms with van der Waals surface area (Å²) in [6.45, 7) is 0. The third kappa shape index (κ3) is 22.4. The van der Waals surface area contributed by atoms with Gasteiger partial charge >= 0.3 is 12.1 Å². The maximum atomic E-state index is 10.6. The van der Waals surface area contributed by atoms with Crippen LogP contribution in [0.2, 0.25) is 0 Å². The summed E-state index contributed by atoms with van der Waals surface area (Å²) in [5.41, 5.74) is 0. The Bertz CT molecular complexity index is 148. The van der Waals surface area contributed by atoms with Crippen LogP contribution in [-0.4, -0.2) is 30.9 Å². The molecule has 2 nitrogen and oxygen atoms in total. The summed E-state index contributed by atoms with van der Waals surface area (Å²) in [6.07, 6.45) is -5.08. The molecule has 0 aliphatic heterocycles. The first-order valence-electron chi connectivity index (χ1n) is 2.31. The van der Waals surface area contributed by atoms with Crippen LogP contribution in [0.5, 0.6) is 0 Å². The number of alkyl halides is 6. The fourth-order valence-corrected chi connectivity index (χ4v) is 0. The highest BCUT2D eigenvalue weighted by atomic mass is 35.6. The molecular formula is C3H4Cl3F3O2Si. The summed E-state index contributed by atoms with van der Waals surface area (Å²) < 4.78 is 30.8. The number of halogens is 6. The molecule has 12 heavy (non-hydrogen) atoms. The Hall–Kier alpha value is 0.347. The van der Waals surface area contributed by atoms with E-state index in [0.29, 0.717) is 10.2 Å². The molecule has 0 unspecified atom stereocenters. The normalized spacial score (nSPS) is 11.8. The van der Waals surface area contributed by atoms with Crippen molar-refractivity contribution >= 4 is 51.0 Å². The molecule has 0 aromatic heterocycles. The Balaban J connectivity index is 0. The minimum absolute atomic E-state index is 0.604. The van der Waals surface area contributed by atoms with Gasteiger partial charge in [-0.15, -0.1) is 0 Å². The number of carboxylic acid groups (broad SMARTS) is 1. The Morgan fingerprint density at radius 3 is 1.33 bits per heavy atom. The highest BCUT2D eigenvalue weighted by Crippen LogP contribution is 2.19. The molecular weight excluding hydrogens is 259 g/mol. The molecule has 74 valence electrons. The van der Waals surface area contributed by atoms with Crippen molar-refractivity contribution in [2.24, 2.45) is 0 Å². The Morgan fingerprint density at radius 2 is 1.33 bits per heavy atom. The summed E-state index contributed by atoms with van der Waals surface area (Å²) >= 11 is 15.4. The molecule has 0 aromatic carbocycles. The number of carboxylic acids is 1. The van der Waals surface area contributed by atoms with Gasteiger partial charge < -0.3 is 5.11 Å². The van der Waals surface area contributed by atoms with Gasteiger partial charge in [0.15, 0.2) is 3.42 Å². The average molecular weight is 264 g/mol. The zero-order chi connectivity index (χ0) is 10.6. The van der Waals surface area contributed by atoms with Crippen molar-refractivity contribution in [2.45, 2.75) is 9.59 Å². The van der Waals surface area contributed by atoms with E-state index in [1.807, 2.05) is 0 Å². The van der Waals surface area contributed by atoms with Crippen LogP contribution in [0.4, 0.5) is 13.2 Å². The summed E-state index contributed by atoms with van der Waals surface area (Å²) in [6, 6.07) is 0. The van der Waals surface area contributed by atoms with Crippen LogP contribution in [0.15, 0.2) is 0 Å². The molecule has 0 radical (unpaired) electrons. The zero-order valence-corrected chi connectivity index (χ0v) is 9.89. The molecule has 0 amide bonds. The minimum Gasteiger partial charge on any atom is -0.475 e. The second-order valence-corrected chi connectivity index (χ2v) is 7.83. The predicted molar refractivity (Wildman–Crippen MR) is 43.9 cm³/mol. The average Bonchev–Trinajstić information content (AvgIpc) is 1.55. The lowest BCUT2D eigenvalue weighted by Gasteiger charge is -1.94. The van der Waals surface area contributed by atoms with Crippen molar-refractivity contribution in [3.63, 3.8) is 0 Å². The first-order valence-corrected chi connectivity index (χ1v) is 4.45. The van der Waals surface area contributed by atoms with Gasteiger partial charge in [-0.2, -0.15) is 13.2 Å². The maximum absolute atomic E-state index is 10.6. The number of hydrogen-bond acceptors (Lipinski definition) is 1. The highest BCUT2D eigenvalue weighted by molar-refractivity contribution is 6.81. The largest absolute Gasteiger partial charge is 0.490 e. The Morgan fingerprint density at radius 1 is 1.25 bits per heavy atom. The third-order valence-electron chi connectivity index (χ3n) is 0.243. The summed E-state index contributed by atoms with van der Waals surface area (Å²) in [5, 5.41) is 7.12. The van der Waals surface area contributed by atoms with Gasteiger partial charge in [-0.3, -0.25) is 0 Å². The molecule has 0 bridgehead atoms. The van der Waals surface area contributed by atoms with Crippen LogP contribution in [0.1, 0.15) is 0 Å². The molecule has 9 heteroatoms. The summed E-state index contributed by atoms with van der Waals surface area (Å²) in [4.78, 5) is 8.90. The molecule has 0 rings (SSSR count). The lowest BCUT2D eigenvalue weighted by atomic mass is 10.7. The van der Waals surface area contributed by atoms with Gasteiger partial charge in [0.1, 0.15) is 0 Å². The van der Waals surface area contributed by atoms with E-state index >= 15 is 0 Å². The van der Waals surface area contributed by atoms with Crippen LogP contribution < -0.4 is 0 Å². The number of aliphatic carboxylic acids is 1. The smallest absolute Gasteiger partial charge is 0.475 e. The number of rotatable bonds is 0. The SMILES string of the molecule is O=C(O)C(F)(F)F.[SiH3]C(Cl)(Cl)Cl. The van der Waals surface area contributed by atoms with E-state index in [0.717, 1.165) is 0 Å². The first-order chi connectivity index (χ1) is 4.94. The van der Waals surface area contributed by atoms with Crippen molar-refractivity contribution in [3.05, 3.63) is 0 Å². The minimum atomic E-state index is -5.08. The molecule has 0 fully saturated rings. The fraction of sp³-hybridized carbons (Fsp3) is 0.667. The van der Waals surface area contributed by atoms with Gasteiger partial charge in [0, 0.05) is 0 Å². The summed E-state index contributed by atoms with van der Waals surface area (Å²) in [5.74, 6) is -2.76. The van der Waals surface area contributed by atoms with Gasteiger partial charge in [0.05, 0.1) is 10.2 Å². The number of hydrogen-bond donors (Lipinski definition) is 1. The molecule has 0 aliphatic carbocycles. The van der Waals surface area contributed by atoms with Crippen molar-refractivity contribution < 1.29 is 23.1 Å². The molecule has 0 aliphatic rings. The van der Waals surface area contributed by atoms with E-state index in [-0.39, 0.29) is 0 Å². The van der Waals surface area contributed by atoms with Crippen molar-refractivity contribution in [1.82, 2.24) is 0 Å². The molecule has 0 spiro atoms. The predicted octanol–water partition coefficient (Wildman–Crippen LogP) is 1.31.